The second kappa shape index (κ2) is 5.09. The number of aliphatic carboxylic acids is 1. The predicted molar refractivity (Wildman–Crippen MR) is 71.9 cm³/mol. The molecule has 1 fully saturated rings. The number of β-lactam (4-membered cyclic amide) rings is 1. The van der Waals surface area contributed by atoms with Gasteiger partial charge < -0.3 is 10.0 Å². The van der Waals surface area contributed by atoms with Crippen molar-refractivity contribution in [3.63, 3.8) is 0 Å². The van der Waals surface area contributed by atoms with E-state index in [1.165, 1.54) is 34.6 Å². The third-order valence-electron chi connectivity index (χ3n) is 3.09. The van der Waals surface area contributed by atoms with Gasteiger partial charge in [0.1, 0.15) is 0 Å². The van der Waals surface area contributed by atoms with Crippen LogP contribution in [0.2, 0.25) is 0 Å². The molecule has 1 amide bonds. The number of tetrazole rings is 1. The van der Waals surface area contributed by atoms with Crippen molar-refractivity contribution in [1.29, 1.82) is 0 Å². The summed E-state index contributed by atoms with van der Waals surface area (Å²) in [5.74, 6) is -0.461. The van der Waals surface area contributed by atoms with Crippen LogP contribution in [0.15, 0.2) is 16.9 Å². The molecule has 0 aliphatic carbocycles. The van der Waals surface area contributed by atoms with Crippen LogP contribution in [-0.4, -0.2) is 58.5 Å². The molecule has 2 atom stereocenters. The largest absolute Gasteiger partial charge is 0.478 e. The van der Waals surface area contributed by atoms with Gasteiger partial charge in [-0.2, -0.15) is 0 Å². The number of thioether (sulfide) groups is 2. The summed E-state index contributed by atoms with van der Waals surface area (Å²) in [6, 6.07) is 0. The van der Waals surface area contributed by atoms with Gasteiger partial charge in [0.2, 0.25) is 11.1 Å². The Bertz CT molecular complexity index is 601. The monoisotopic (exact) mass is 313 g/mol. The Labute approximate surface area is 122 Å². The fourth-order valence-corrected chi connectivity index (χ4v) is 4.53. The molecule has 2 aliphatic rings. The quantitative estimate of drug-likeness (QED) is 0.609. The normalized spacial score (nSPS) is 24.9. The smallest absolute Gasteiger partial charge is 0.334 e. The zero-order valence-corrected chi connectivity index (χ0v) is 12.1. The maximum atomic E-state index is 11.4. The van der Waals surface area contributed by atoms with Gasteiger partial charge >= 0.3 is 5.97 Å². The Morgan fingerprint density at radius 2 is 2.45 bits per heavy atom. The molecule has 3 heterocycles. The number of hydrogen-bond acceptors (Lipinski definition) is 7. The summed E-state index contributed by atoms with van der Waals surface area (Å²) >= 11 is 2.91. The highest BCUT2D eigenvalue weighted by Crippen LogP contribution is 2.41. The number of amides is 1. The van der Waals surface area contributed by atoms with Crippen molar-refractivity contribution in [2.75, 3.05) is 5.75 Å². The van der Waals surface area contributed by atoms with Gasteiger partial charge in [0, 0.05) is 24.3 Å². The third kappa shape index (κ3) is 2.29. The fourth-order valence-electron chi connectivity index (χ4n) is 1.98. The van der Waals surface area contributed by atoms with Crippen LogP contribution in [0.4, 0.5) is 0 Å². The molecule has 106 valence electrons. The summed E-state index contributed by atoms with van der Waals surface area (Å²) in [5.41, 5.74) is 0.252. The molecule has 1 aromatic rings. The van der Waals surface area contributed by atoms with Crippen LogP contribution in [0.3, 0.4) is 0 Å². The topological polar surface area (TPSA) is 101 Å². The summed E-state index contributed by atoms with van der Waals surface area (Å²) in [5, 5.41) is 20.9. The lowest BCUT2D eigenvalue weighted by atomic mass is 10.1. The highest BCUT2D eigenvalue weighted by Gasteiger charge is 2.43. The van der Waals surface area contributed by atoms with Gasteiger partial charge in [-0.3, -0.25) is 4.79 Å². The number of hydrogen-bond donors (Lipinski definition) is 1. The highest BCUT2D eigenvalue weighted by atomic mass is 32.2. The Hall–Kier alpha value is -1.55. The number of fused-ring (bicyclic) bond motifs is 1. The van der Waals surface area contributed by atoms with E-state index in [1.54, 1.807) is 11.7 Å². The van der Waals surface area contributed by atoms with Gasteiger partial charge in [0.05, 0.1) is 17.4 Å². The molecule has 10 heteroatoms. The number of aryl methyl sites for hydroxylation is 1. The van der Waals surface area contributed by atoms with Gasteiger partial charge in [-0.05, 0) is 10.4 Å². The van der Waals surface area contributed by atoms with Gasteiger partial charge in [0.15, 0.2) is 0 Å². The van der Waals surface area contributed by atoms with Crippen LogP contribution >= 0.6 is 23.5 Å². The average Bonchev–Trinajstić information content (AvgIpc) is 2.80. The molecule has 20 heavy (non-hydrogen) atoms. The number of carbonyl (C=O) groups excluding carboxylic acids is 1. The summed E-state index contributed by atoms with van der Waals surface area (Å²) in [4.78, 5) is 24.2. The molecule has 1 saturated heterocycles. The molecule has 2 aliphatic heterocycles. The first-order valence-corrected chi connectivity index (χ1v) is 7.76. The molecular weight excluding hydrogens is 302 g/mol. The van der Waals surface area contributed by atoms with E-state index in [0.29, 0.717) is 17.3 Å². The molecular formula is C10H11N5O3S2. The summed E-state index contributed by atoms with van der Waals surface area (Å²) in [6.07, 6.45) is 1.94. The van der Waals surface area contributed by atoms with Gasteiger partial charge in [-0.15, -0.1) is 16.9 Å². The lowest BCUT2D eigenvalue weighted by Crippen LogP contribution is -2.51. The van der Waals surface area contributed by atoms with Crippen molar-refractivity contribution in [2.45, 2.75) is 22.2 Å². The Balaban J connectivity index is 1.73. The second-order valence-electron chi connectivity index (χ2n) is 4.37. The van der Waals surface area contributed by atoms with Crippen molar-refractivity contribution in [1.82, 2.24) is 25.1 Å². The van der Waals surface area contributed by atoms with Crippen molar-refractivity contribution in [3.05, 3.63) is 11.8 Å². The van der Waals surface area contributed by atoms with Crippen LogP contribution in [-0.2, 0) is 16.6 Å². The molecule has 0 radical (unpaired) electrons. The SMILES string of the molecule is Cn1nnnc1SCC1S[C@@H]2CC(=O)N2C=C1C(=O)O. The second-order valence-corrected chi connectivity index (χ2v) is 6.74. The minimum absolute atomic E-state index is 0.0233. The van der Waals surface area contributed by atoms with Crippen LogP contribution < -0.4 is 0 Å². The van der Waals surface area contributed by atoms with Crippen molar-refractivity contribution in [2.24, 2.45) is 7.05 Å². The van der Waals surface area contributed by atoms with E-state index < -0.39 is 5.97 Å². The number of aromatic nitrogens is 4. The number of carboxylic acids is 1. The average molecular weight is 313 g/mol. The lowest BCUT2D eigenvalue weighted by Gasteiger charge is -2.43. The first kappa shape index (κ1) is 13.4. The Morgan fingerprint density at radius 3 is 3.05 bits per heavy atom. The first-order chi connectivity index (χ1) is 9.56. The standard InChI is InChI=1S/C10H11N5O3S2/c1-14-10(11-12-13-14)19-4-6-5(9(17)18)3-15-7(16)2-8(15)20-6/h3,6,8H,2,4H2,1H3,(H,17,18)/t6?,8-/m1/s1. The Morgan fingerprint density at radius 1 is 1.65 bits per heavy atom. The summed E-state index contributed by atoms with van der Waals surface area (Å²) < 4.78 is 1.54. The van der Waals surface area contributed by atoms with Gasteiger partial charge in [-0.25, -0.2) is 9.48 Å². The van der Waals surface area contributed by atoms with Crippen LogP contribution in [0, 0.1) is 0 Å². The number of carboxylic acid groups (broad SMARTS) is 1. The molecule has 0 spiro atoms. The third-order valence-corrected chi connectivity index (χ3v) is 5.86. The molecule has 0 bridgehead atoms. The van der Waals surface area contributed by atoms with Crippen LogP contribution in [0.1, 0.15) is 6.42 Å². The van der Waals surface area contributed by atoms with E-state index in [-0.39, 0.29) is 22.1 Å². The minimum atomic E-state index is -0.989. The maximum absolute atomic E-state index is 11.4. The van der Waals surface area contributed by atoms with E-state index in [9.17, 15) is 14.7 Å². The summed E-state index contributed by atoms with van der Waals surface area (Å²) in [7, 11) is 1.73. The number of rotatable bonds is 4. The molecule has 3 rings (SSSR count). The zero-order valence-electron chi connectivity index (χ0n) is 10.5. The van der Waals surface area contributed by atoms with Crippen molar-refractivity contribution >= 4 is 35.4 Å². The van der Waals surface area contributed by atoms with E-state index in [1.807, 2.05) is 0 Å². The van der Waals surface area contributed by atoms with E-state index in [0.717, 1.165) is 0 Å². The Kier molecular flexibility index (Phi) is 3.42. The molecule has 1 N–H and O–H groups in total. The van der Waals surface area contributed by atoms with Crippen LogP contribution in [0.5, 0.6) is 0 Å². The number of carbonyl (C=O) groups is 2. The molecule has 1 unspecified atom stereocenters. The number of nitrogens with zero attached hydrogens (tertiary/aromatic N) is 5. The van der Waals surface area contributed by atoms with E-state index in [4.69, 9.17) is 0 Å². The molecule has 0 aromatic carbocycles. The van der Waals surface area contributed by atoms with Crippen molar-refractivity contribution < 1.29 is 14.7 Å². The van der Waals surface area contributed by atoms with E-state index in [2.05, 4.69) is 15.5 Å². The van der Waals surface area contributed by atoms with Crippen molar-refractivity contribution in [3.8, 4) is 0 Å². The minimum Gasteiger partial charge on any atom is -0.478 e. The van der Waals surface area contributed by atoms with Gasteiger partial charge in [-0.1, -0.05) is 11.8 Å². The zero-order chi connectivity index (χ0) is 14.3. The fraction of sp³-hybridized carbons (Fsp3) is 0.500. The maximum Gasteiger partial charge on any atom is 0.334 e. The van der Waals surface area contributed by atoms with E-state index >= 15 is 0 Å². The first-order valence-electron chi connectivity index (χ1n) is 5.83. The molecule has 0 saturated carbocycles. The van der Waals surface area contributed by atoms with Gasteiger partial charge in [0.25, 0.3) is 0 Å². The summed E-state index contributed by atoms with van der Waals surface area (Å²) in [6.45, 7) is 0. The molecule has 8 nitrogen and oxygen atoms in total. The highest BCUT2D eigenvalue weighted by molar-refractivity contribution is 8.03. The lowest BCUT2D eigenvalue weighted by molar-refractivity contribution is -0.138. The van der Waals surface area contributed by atoms with Crippen LogP contribution in [0.25, 0.3) is 0 Å². The predicted octanol–water partition coefficient (Wildman–Crippen LogP) is -0.0555. The molecule has 1 aromatic heterocycles.